The van der Waals surface area contributed by atoms with Gasteiger partial charge in [-0.1, -0.05) is 17.7 Å². The molecule has 2 aromatic heterocycles. The summed E-state index contributed by atoms with van der Waals surface area (Å²) >= 11 is 0. The van der Waals surface area contributed by atoms with Gasteiger partial charge in [0.15, 0.2) is 5.65 Å². The van der Waals surface area contributed by atoms with E-state index in [4.69, 9.17) is 4.74 Å². The van der Waals surface area contributed by atoms with Crippen molar-refractivity contribution in [1.29, 1.82) is 0 Å². The molecule has 1 fully saturated rings. The van der Waals surface area contributed by atoms with Gasteiger partial charge in [-0.2, -0.15) is 5.10 Å². The first-order chi connectivity index (χ1) is 13.5. The number of carbonyl (C=O) groups excluding carboxylic acids is 1. The van der Waals surface area contributed by atoms with Crippen LogP contribution in [0.3, 0.4) is 0 Å². The fourth-order valence-corrected chi connectivity index (χ4v) is 3.42. The third kappa shape index (κ3) is 3.43. The van der Waals surface area contributed by atoms with Crippen LogP contribution >= 0.6 is 0 Å². The zero-order valence-corrected chi connectivity index (χ0v) is 16.1. The average molecular weight is 381 g/mol. The predicted molar refractivity (Wildman–Crippen MR) is 105 cm³/mol. The molecule has 0 bridgehead atoms. The van der Waals surface area contributed by atoms with Crippen LogP contribution in [0.25, 0.3) is 16.7 Å². The zero-order chi connectivity index (χ0) is 19.7. The van der Waals surface area contributed by atoms with Crippen LogP contribution in [-0.2, 0) is 16.1 Å². The van der Waals surface area contributed by atoms with E-state index in [2.05, 4.69) is 10.1 Å². The minimum absolute atomic E-state index is 0.0325. The van der Waals surface area contributed by atoms with Gasteiger partial charge in [-0.3, -0.25) is 14.2 Å². The number of amides is 1. The Bertz CT molecular complexity index is 1060. The molecule has 1 aromatic carbocycles. The molecule has 0 radical (unpaired) electrons. The summed E-state index contributed by atoms with van der Waals surface area (Å²) in [4.78, 5) is 31.7. The van der Waals surface area contributed by atoms with E-state index >= 15 is 0 Å². The summed E-state index contributed by atoms with van der Waals surface area (Å²) in [5, 5.41) is 4.81. The van der Waals surface area contributed by atoms with Crippen molar-refractivity contribution in [3.63, 3.8) is 0 Å². The van der Waals surface area contributed by atoms with Crippen molar-refractivity contribution >= 4 is 16.9 Å². The minimum atomic E-state index is -0.171. The molecule has 0 spiro atoms. The highest BCUT2D eigenvalue weighted by Crippen LogP contribution is 2.15. The van der Waals surface area contributed by atoms with Crippen molar-refractivity contribution in [2.75, 3.05) is 26.3 Å². The number of hydrogen-bond donors (Lipinski definition) is 0. The number of fused-ring (bicyclic) bond motifs is 1. The molecule has 1 saturated heterocycles. The Morgan fingerprint density at radius 1 is 1.14 bits per heavy atom. The fraction of sp³-hybridized carbons (Fsp3) is 0.400. The van der Waals surface area contributed by atoms with E-state index in [-0.39, 0.29) is 17.9 Å². The maximum Gasteiger partial charge on any atom is 0.264 e. The molecule has 8 heteroatoms. The molecule has 28 heavy (non-hydrogen) atoms. The molecule has 0 N–H and O–H groups in total. The molecule has 146 valence electrons. The van der Waals surface area contributed by atoms with Gasteiger partial charge in [0.05, 0.1) is 25.1 Å². The molecule has 0 aliphatic carbocycles. The van der Waals surface area contributed by atoms with Crippen LogP contribution in [0.15, 0.2) is 35.3 Å². The van der Waals surface area contributed by atoms with E-state index in [0.29, 0.717) is 49.7 Å². The third-order valence-corrected chi connectivity index (χ3v) is 5.07. The fourth-order valence-electron chi connectivity index (χ4n) is 3.42. The smallest absolute Gasteiger partial charge is 0.264 e. The maximum absolute atomic E-state index is 13.0. The summed E-state index contributed by atoms with van der Waals surface area (Å²) in [6, 6.07) is 7.89. The Morgan fingerprint density at radius 3 is 2.57 bits per heavy atom. The predicted octanol–water partition coefficient (Wildman–Crippen LogP) is 1.45. The van der Waals surface area contributed by atoms with Gasteiger partial charge in [-0.05, 0) is 26.0 Å². The lowest BCUT2D eigenvalue weighted by Crippen LogP contribution is -2.41. The summed E-state index contributed by atoms with van der Waals surface area (Å²) in [5.74, 6) is 0.603. The Morgan fingerprint density at radius 2 is 1.86 bits per heavy atom. The highest BCUT2D eigenvalue weighted by Gasteiger charge is 2.19. The van der Waals surface area contributed by atoms with E-state index in [9.17, 15) is 9.59 Å². The number of aromatic nitrogens is 4. The van der Waals surface area contributed by atoms with Crippen molar-refractivity contribution < 1.29 is 9.53 Å². The Kier molecular flexibility index (Phi) is 4.95. The highest BCUT2D eigenvalue weighted by molar-refractivity contribution is 5.77. The second kappa shape index (κ2) is 7.55. The Hall–Kier alpha value is -3.00. The first-order valence-corrected chi connectivity index (χ1v) is 9.42. The molecule has 4 rings (SSSR count). The molecule has 0 atom stereocenters. The number of aryl methyl sites for hydroxylation is 2. The zero-order valence-electron chi connectivity index (χ0n) is 16.1. The molecule has 1 amide bonds. The van der Waals surface area contributed by atoms with Gasteiger partial charge in [-0.15, -0.1) is 0 Å². The largest absolute Gasteiger partial charge is 0.378 e. The molecule has 1 aliphatic heterocycles. The lowest BCUT2D eigenvalue weighted by atomic mass is 10.2. The third-order valence-electron chi connectivity index (χ3n) is 5.07. The number of benzene rings is 1. The van der Waals surface area contributed by atoms with Gasteiger partial charge in [0.25, 0.3) is 5.56 Å². The van der Waals surface area contributed by atoms with E-state index in [1.54, 1.807) is 27.3 Å². The van der Waals surface area contributed by atoms with Crippen LogP contribution in [0.5, 0.6) is 0 Å². The molecular weight excluding hydrogens is 358 g/mol. The number of carbonyl (C=O) groups is 1. The van der Waals surface area contributed by atoms with Crippen molar-refractivity contribution in [1.82, 2.24) is 24.2 Å². The van der Waals surface area contributed by atoms with E-state index in [1.165, 1.54) is 0 Å². The first kappa shape index (κ1) is 18.4. The Balaban J connectivity index is 1.61. The topological polar surface area (TPSA) is 82.2 Å². The lowest BCUT2D eigenvalue weighted by Gasteiger charge is -2.27. The van der Waals surface area contributed by atoms with Gasteiger partial charge < -0.3 is 9.64 Å². The number of morpholine rings is 1. The average Bonchev–Trinajstić information content (AvgIpc) is 3.13. The van der Waals surface area contributed by atoms with Crippen molar-refractivity contribution in [2.24, 2.45) is 0 Å². The number of rotatable bonds is 4. The van der Waals surface area contributed by atoms with E-state index < -0.39 is 0 Å². The quantitative estimate of drug-likeness (QED) is 0.683. The van der Waals surface area contributed by atoms with Crippen molar-refractivity contribution in [2.45, 2.75) is 26.8 Å². The van der Waals surface area contributed by atoms with Crippen LogP contribution in [0.2, 0.25) is 0 Å². The van der Waals surface area contributed by atoms with Gasteiger partial charge in [0, 0.05) is 26.1 Å². The van der Waals surface area contributed by atoms with Gasteiger partial charge in [-0.25, -0.2) is 9.67 Å². The lowest BCUT2D eigenvalue weighted by molar-refractivity contribution is -0.135. The second-order valence-corrected chi connectivity index (χ2v) is 6.99. The number of ether oxygens (including phenoxy) is 1. The van der Waals surface area contributed by atoms with Crippen molar-refractivity contribution in [3.05, 3.63) is 52.2 Å². The maximum atomic E-state index is 13.0. The van der Waals surface area contributed by atoms with E-state index in [0.717, 1.165) is 11.3 Å². The van der Waals surface area contributed by atoms with Gasteiger partial charge >= 0.3 is 0 Å². The number of hydrogen-bond acceptors (Lipinski definition) is 5. The SMILES string of the molecule is Cc1ccc(-n2ncc3c(=O)n(CCC(=O)N4CCOCC4)c(C)nc32)cc1. The highest BCUT2D eigenvalue weighted by atomic mass is 16.5. The molecule has 8 nitrogen and oxygen atoms in total. The first-order valence-electron chi connectivity index (χ1n) is 9.42. The molecular formula is C20H23N5O3. The summed E-state index contributed by atoms with van der Waals surface area (Å²) < 4.78 is 8.51. The van der Waals surface area contributed by atoms with Crippen molar-refractivity contribution in [3.8, 4) is 5.69 Å². The van der Waals surface area contributed by atoms with Crippen LogP contribution < -0.4 is 5.56 Å². The van der Waals surface area contributed by atoms with Crippen LogP contribution in [0.1, 0.15) is 17.8 Å². The van der Waals surface area contributed by atoms with Gasteiger partial charge in [0.1, 0.15) is 11.2 Å². The molecule has 3 heterocycles. The van der Waals surface area contributed by atoms with Gasteiger partial charge in [0.2, 0.25) is 5.91 Å². The second-order valence-electron chi connectivity index (χ2n) is 6.99. The summed E-state index contributed by atoms with van der Waals surface area (Å²) in [6.07, 6.45) is 1.81. The van der Waals surface area contributed by atoms with Crippen LogP contribution in [0, 0.1) is 13.8 Å². The standard InChI is InChI=1S/C20H23N5O3/c1-14-3-5-16(6-4-14)25-19-17(13-21-25)20(27)24(15(2)22-19)8-7-18(26)23-9-11-28-12-10-23/h3-6,13H,7-12H2,1-2H3. The molecule has 3 aromatic rings. The van der Waals surface area contributed by atoms with Crippen LogP contribution in [-0.4, -0.2) is 56.4 Å². The molecule has 0 saturated carbocycles. The Labute approximate surface area is 162 Å². The van der Waals surface area contributed by atoms with E-state index in [1.807, 2.05) is 31.2 Å². The summed E-state index contributed by atoms with van der Waals surface area (Å²) in [7, 11) is 0. The monoisotopic (exact) mass is 381 g/mol. The molecule has 1 aliphatic rings. The molecule has 0 unspecified atom stereocenters. The normalized spacial score (nSPS) is 14.6. The van der Waals surface area contributed by atoms with Crippen LogP contribution in [0.4, 0.5) is 0 Å². The summed E-state index contributed by atoms with van der Waals surface area (Å²) in [5.41, 5.74) is 2.36. The summed E-state index contributed by atoms with van der Waals surface area (Å²) in [6.45, 7) is 6.45. The minimum Gasteiger partial charge on any atom is -0.378 e. The number of nitrogens with zero attached hydrogens (tertiary/aromatic N) is 5.